The third-order valence-electron chi connectivity index (χ3n) is 2.71. The maximum Gasteiger partial charge on any atom is 0.246 e. The first kappa shape index (κ1) is 13.0. The first-order valence-corrected chi connectivity index (χ1v) is 6.16. The Balaban J connectivity index is 1.89. The fourth-order valence-electron chi connectivity index (χ4n) is 1.68. The number of nitrogens with zero attached hydrogens (tertiary/aromatic N) is 1. The summed E-state index contributed by atoms with van der Waals surface area (Å²) >= 11 is 0. The summed E-state index contributed by atoms with van der Waals surface area (Å²) in [6.45, 7) is 2.15. The third-order valence-corrected chi connectivity index (χ3v) is 2.71. The van der Waals surface area contributed by atoms with Gasteiger partial charge in [0.2, 0.25) is 5.91 Å². The van der Waals surface area contributed by atoms with Gasteiger partial charge in [-0.05, 0) is 30.2 Å². The number of aryl methyl sites for hydroxylation is 1. The number of nitrogens with one attached hydrogen (secondary N) is 1. The first-order valence-electron chi connectivity index (χ1n) is 6.16. The van der Waals surface area contributed by atoms with E-state index < -0.39 is 0 Å². The van der Waals surface area contributed by atoms with Crippen LogP contribution in [0, 0.1) is 6.92 Å². The molecule has 0 fully saturated rings. The van der Waals surface area contributed by atoms with E-state index in [-0.39, 0.29) is 12.5 Å². The maximum atomic E-state index is 11.7. The molecule has 0 aliphatic rings. The van der Waals surface area contributed by atoms with Crippen molar-refractivity contribution in [3.05, 3.63) is 65.7 Å². The van der Waals surface area contributed by atoms with Gasteiger partial charge in [-0.3, -0.25) is 9.79 Å². The normalized spacial score (nSPS) is 10.6. The van der Waals surface area contributed by atoms with Crippen molar-refractivity contribution < 1.29 is 4.79 Å². The van der Waals surface area contributed by atoms with E-state index in [1.54, 1.807) is 6.21 Å². The first-order chi connectivity index (χ1) is 9.25. The Morgan fingerprint density at radius 1 is 1.11 bits per heavy atom. The van der Waals surface area contributed by atoms with Gasteiger partial charge in [0, 0.05) is 11.9 Å². The Hall–Kier alpha value is -2.42. The molecule has 0 spiro atoms. The zero-order chi connectivity index (χ0) is 13.5. The summed E-state index contributed by atoms with van der Waals surface area (Å²) in [5, 5.41) is 2.79. The van der Waals surface area contributed by atoms with Gasteiger partial charge in [-0.25, -0.2) is 0 Å². The second-order valence-electron chi connectivity index (χ2n) is 4.24. The summed E-state index contributed by atoms with van der Waals surface area (Å²) in [6, 6.07) is 17.3. The molecule has 0 unspecified atom stereocenters. The number of para-hydroxylation sites is 1. The van der Waals surface area contributed by atoms with Crippen molar-refractivity contribution in [3.63, 3.8) is 0 Å². The van der Waals surface area contributed by atoms with Crippen LogP contribution in [0.4, 0.5) is 5.69 Å². The molecule has 2 aromatic rings. The Kier molecular flexibility index (Phi) is 4.45. The predicted molar refractivity (Wildman–Crippen MR) is 78.7 cm³/mol. The lowest BCUT2D eigenvalue weighted by Crippen LogP contribution is -2.14. The Morgan fingerprint density at radius 3 is 2.53 bits per heavy atom. The molecule has 3 nitrogen and oxygen atoms in total. The minimum absolute atomic E-state index is 0.115. The zero-order valence-electron chi connectivity index (χ0n) is 10.8. The van der Waals surface area contributed by atoms with Crippen LogP contribution in [0.15, 0.2) is 59.6 Å². The van der Waals surface area contributed by atoms with Crippen molar-refractivity contribution in [3.8, 4) is 0 Å². The van der Waals surface area contributed by atoms with E-state index in [2.05, 4.69) is 10.3 Å². The minimum Gasteiger partial charge on any atom is -0.324 e. The molecule has 2 aromatic carbocycles. The van der Waals surface area contributed by atoms with E-state index in [1.807, 2.05) is 61.5 Å². The molecule has 0 radical (unpaired) electrons. The molecule has 0 aromatic heterocycles. The van der Waals surface area contributed by atoms with Crippen molar-refractivity contribution in [1.82, 2.24) is 0 Å². The van der Waals surface area contributed by atoms with Crippen LogP contribution in [0.2, 0.25) is 0 Å². The van der Waals surface area contributed by atoms with Crippen LogP contribution in [0.25, 0.3) is 0 Å². The largest absolute Gasteiger partial charge is 0.324 e. The molecule has 0 aliphatic carbocycles. The summed E-state index contributed by atoms with van der Waals surface area (Å²) in [5.41, 5.74) is 2.98. The topological polar surface area (TPSA) is 41.5 Å². The lowest BCUT2D eigenvalue weighted by Gasteiger charge is -2.02. The van der Waals surface area contributed by atoms with Crippen LogP contribution in [0.5, 0.6) is 0 Å². The van der Waals surface area contributed by atoms with E-state index in [1.165, 1.54) is 0 Å². The second kappa shape index (κ2) is 6.50. The van der Waals surface area contributed by atoms with Crippen LogP contribution in [0.3, 0.4) is 0 Å². The Labute approximate surface area is 113 Å². The summed E-state index contributed by atoms with van der Waals surface area (Å²) in [5.74, 6) is -0.115. The number of carbonyl (C=O) groups excluding carboxylic acids is 1. The van der Waals surface area contributed by atoms with E-state index in [4.69, 9.17) is 0 Å². The quantitative estimate of drug-likeness (QED) is 0.835. The van der Waals surface area contributed by atoms with E-state index in [0.717, 1.165) is 16.8 Å². The van der Waals surface area contributed by atoms with Crippen LogP contribution in [-0.4, -0.2) is 18.7 Å². The van der Waals surface area contributed by atoms with E-state index in [9.17, 15) is 4.79 Å². The van der Waals surface area contributed by atoms with Gasteiger partial charge in [0.15, 0.2) is 0 Å². The predicted octanol–water partition coefficient (Wildman–Crippen LogP) is 3.05. The van der Waals surface area contributed by atoms with Crippen molar-refractivity contribution in [2.24, 2.45) is 4.99 Å². The highest BCUT2D eigenvalue weighted by atomic mass is 16.1. The fraction of sp³-hybridized carbons (Fsp3) is 0.125. The van der Waals surface area contributed by atoms with Gasteiger partial charge >= 0.3 is 0 Å². The molecule has 2 rings (SSSR count). The number of hydrogen-bond acceptors (Lipinski definition) is 2. The van der Waals surface area contributed by atoms with Gasteiger partial charge in [0.05, 0.1) is 0 Å². The van der Waals surface area contributed by atoms with Gasteiger partial charge < -0.3 is 5.32 Å². The SMILES string of the molecule is Cc1ccccc1C=NCC(=O)Nc1ccccc1. The molecular weight excluding hydrogens is 236 g/mol. The molecule has 19 heavy (non-hydrogen) atoms. The van der Waals surface area contributed by atoms with Gasteiger partial charge in [0.1, 0.15) is 6.54 Å². The maximum absolute atomic E-state index is 11.7. The van der Waals surface area contributed by atoms with Crippen LogP contribution in [-0.2, 0) is 4.79 Å². The number of aliphatic imine (C=N–C) groups is 1. The molecule has 0 saturated carbocycles. The van der Waals surface area contributed by atoms with Crippen LogP contribution < -0.4 is 5.32 Å². The number of benzene rings is 2. The lowest BCUT2D eigenvalue weighted by molar-refractivity contribution is -0.114. The number of amides is 1. The smallest absolute Gasteiger partial charge is 0.246 e. The molecular formula is C16H16N2O. The highest BCUT2D eigenvalue weighted by Crippen LogP contribution is 2.05. The molecule has 3 heteroatoms. The lowest BCUT2D eigenvalue weighted by atomic mass is 10.1. The molecule has 0 bridgehead atoms. The van der Waals surface area contributed by atoms with Crippen molar-refractivity contribution in [1.29, 1.82) is 0 Å². The summed E-state index contributed by atoms with van der Waals surface area (Å²) in [6.07, 6.45) is 1.74. The van der Waals surface area contributed by atoms with Gasteiger partial charge in [-0.15, -0.1) is 0 Å². The molecule has 1 amide bonds. The number of rotatable bonds is 4. The number of carbonyl (C=O) groups is 1. The highest BCUT2D eigenvalue weighted by Gasteiger charge is 1.99. The van der Waals surface area contributed by atoms with Crippen molar-refractivity contribution in [2.45, 2.75) is 6.92 Å². The summed E-state index contributed by atoms with van der Waals surface area (Å²) in [7, 11) is 0. The molecule has 96 valence electrons. The average Bonchev–Trinajstić information content (AvgIpc) is 2.42. The second-order valence-corrected chi connectivity index (χ2v) is 4.24. The molecule has 1 N–H and O–H groups in total. The highest BCUT2D eigenvalue weighted by molar-refractivity contribution is 5.93. The van der Waals surface area contributed by atoms with Crippen LogP contribution in [0.1, 0.15) is 11.1 Å². The molecule has 0 heterocycles. The minimum atomic E-state index is -0.115. The molecule has 0 saturated heterocycles. The fourth-order valence-corrected chi connectivity index (χ4v) is 1.68. The number of hydrogen-bond donors (Lipinski definition) is 1. The summed E-state index contributed by atoms with van der Waals surface area (Å²) < 4.78 is 0. The van der Waals surface area contributed by atoms with Gasteiger partial charge in [0.25, 0.3) is 0 Å². The van der Waals surface area contributed by atoms with Gasteiger partial charge in [-0.2, -0.15) is 0 Å². The zero-order valence-corrected chi connectivity index (χ0v) is 10.8. The van der Waals surface area contributed by atoms with E-state index >= 15 is 0 Å². The summed E-state index contributed by atoms with van der Waals surface area (Å²) in [4.78, 5) is 15.8. The molecule has 0 aliphatic heterocycles. The average molecular weight is 252 g/mol. The van der Waals surface area contributed by atoms with Crippen molar-refractivity contribution in [2.75, 3.05) is 11.9 Å². The third kappa shape index (κ3) is 4.07. The van der Waals surface area contributed by atoms with Gasteiger partial charge in [-0.1, -0.05) is 42.5 Å². The van der Waals surface area contributed by atoms with Crippen LogP contribution >= 0.6 is 0 Å². The monoisotopic (exact) mass is 252 g/mol. The number of anilines is 1. The molecule has 0 atom stereocenters. The van der Waals surface area contributed by atoms with Crippen molar-refractivity contribution >= 4 is 17.8 Å². The Morgan fingerprint density at radius 2 is 1.79 bits per heavy atom. The standard InChI is InChI=1S/C16H16N2O/c1-13-7-5-6-8-14(13)11-17-12-16(19)18-15-9-3-2-4-10-15/h2-11H,12H2,1H3,(H,18,19). The Bertz CT molecular complexity index is 576. The van der Waals surface area contributed by atoms with E-state index in [0.29, 0.717) is 0 Å².